The number of carbonyl (C=O) groups is 2. The largest absolute Gasteiger partial charge is 0.469 e. The van der Waals surface area contributed by atoms with Gasteiger partial charge in [-0.3, -0.25) is 14.5 Å². The Kier molecular flexibility index (Phi) is 14.8. The third kappa shape index (κ3) is 9.94. The van der Waals surface area contributed by atoms with Crippen molar-refractivity contribution < 1.29 is 28.5 Å². The highest BCUT2D eigenvalue weighted by Gasteiger charge is 2.42. The number of carbonyl (C=O) groups excluding carboxylic acids is 2. The van der Waals surface area contributed by atoms with Crippen molar-refractivity contribution in [3.63, 3.8) is 0 Å². The fourth-order valence-corrected chi connectivity index (χ4v) is 6.47. The number of morpholine rings is 1. The molecule has 8 heteroatoms. The van der Waals surface area contributed by atoms with Crippen molar-refractivity contribution in [2.24, 2.45) is 10.8 Å². The van der Waals surface area contributed by atoms with Gasteiger partial charge in [0, 0.05) is 31.6 Å². The van der Waals surface area contributed by atoms with Crippen molar-refractivity contribution >= 4 is 27.9 Å². The van der Waals surface area contributed by atoms with Crippen molar-refractivity contribution in [1.29, 1.82) is 0 Å². The minimum atomic E-state index is -0.187. The number of alkyl halides is 1. The lowest BCUT2D eigenvalue weighted by atomic mass is 9.82. The van der Waals surface area contributed by atoms with E-state index in [0.717, 1.165) is 103 Å². The minimum absolute atomic E-state index is 0.00302. The molecule has 0 radical (unpaired) electrons. The SMILES string of the molecule is C1CCOCC1.COC(=O)C1(CCBr)CCCC1.COC(=O)C1(CCN2CCOCC2)CCCC1. The topological polar surface area (TPSA) is 74.3 Å². The Balaban J connectivity index is 0.000000207. The maximum atomic E-state index is 11.9. The summed E-state index contributed by atoms with van der Waals surface area (Å²) in [5.41, 5.74) is -0.342. The Morgan fingerprint density at radius 2 is 1.17 bits per heavy atom. The molecule has 7 nitrogen and oxygen atoms in total. The van der Waals surface area contributed by atoms with Crippen LogP contribution in [0.3, 0.4) is 0 Å². The highest BCUT2D eigenvalue weighted by Crippen LogP contribution is 2.43. The number of esters is 2. The van der Waals surface area contributed by atoms with Crippen LogP contribution in [-0.4, -0.2) is 82.5 Å². The number of hydrogen-bond acceptors (Lipinski definition) is 7. The molecule has 0 unspecified atom stereocenters. The van der Waals surface area contributed by atoms with Crippen molar-refractivity contribution in [3.8, 4) is 0 Å². The molecule has 35 heavy (non-hydrogen) atoms. The molecular formula is C27H48BrNO6. The highest BCUT2D eigenvalue weighted by atomic mass is 79.9. The molecule has 0 spiro atoms. The number of halogens is 1. The molecule has 204 valence electrons. The summed E-state index contributed by atoms with van der Waals surface area (Å²) in [6.07, 6.45) is 14.5. The lowest BCUT2D eigenvalue weighted by molar-refractivity contribution is -0.153. The van der Waals surface area contributed by atoms with E-state index in [9.17, 15) is 9.59 Å². The molecule has 4 rings (SSSR count). The number of hydrogen-bond donors (Lipinski definition) is 0. The van der Waals surface area contributed by atoms with Crippen molar-refractivity contribution in [1.82, 2.24) is 4.90 Å². The van der Waals surface area contributed by atoms with Gasteiger partial charge in [-0.1, -0.05) is 41.6 Å². The van der Waals surface area contributed by atoms with Crippen LogP contribution in [0.4, 0.5) is 0 Å². The van der Waals surface area contributed by atoms with Gasteiger partial charge in [-0.05, 0) is 64.3 Å². The van der Waals surface area contributed by atoms with Crippen molar-refractivity contribution in [2.75, 3.05) is 65.6 Å². The summed E-state index contributed by atoms with van der Waals surface area (Å²) in [6, 6.07) is 0. The Morgan fingerprint density at radius 3 is 1.54 bits per heavy atom. The average molecular weight is 563 g/mol. The molecule has 2 saturated heterocycles. The van der Waals surface area contributed by atoms with Gasteiger partial charge in [-0.15, -0.1) is 0 Å². The zero-order valence-corrected chi connectivity index (χ0v) is 23.7. The molecule has 0 aromatic heterocycles. The standard InChI is InChI=1S/C13H23NO3.C9H15BrO2.C5H10O/c1-16-12(15)13(4-2-3-5-13)6-7-14-8-10-17-11-9-14;1-12-8(11)9(6-7-10)4-2-3-5-9;1-2-4-6-5-3-1/h2-11H2,1H3;2-7H2,1H3;1-5H2. The average Bonchev–Trinajstić information content (AvgIpc) is 3.61. The molecule has 2 aliphatic carbocycles. The van der Waals surface area contributed by atoms with Crippen LogP contribution in [0.2, 0.25) is 0 Å². The quantitative estimate of drug-likeness (QED) is 0.315. The van der Waals surface area contributed by atoms with Gasteiger partial charge in [0.1, 0.15) is 0 Å². The first-order valence-electron chi connectivity index (χ1n) is 13.6. The molecule has 2 saturated carbocycles. The molecule has 0 aromatic rings. The number of rotatable bonds is 7. The van der Waals surface area contributed by atoms with Crippen LogP contribution in [0.1, 0.15) is 83.5 Å². The predicted molar refractivity (Wildman–Crippen MR) is 141 cm³/mol. The fourth-order valence-electron chi connectivity index (χ4n) is 5.71. The smallest absolute Gasteiger partial charge is 0.311 e. The zero-order valence-electron chi connectivity index (χ0n) is 22.1. The molecule has 0 amide bonds. The van der Waals surface area contributed by atoms with E-state index in [4.69, 9.17) is 18.9 Å². The van der Waals surface area contributed by atoms with Crippen LogP contribution in [-0.2, 0) is 28.5 Å². The van der Waals surface area contributed by atoms with Gasteiger partial charge in [-0.25, -0.2) is 0 Å². The summed E-state index contributed by atoms with van der Waals surface area (Å²) >= 11 is 3.38. The van der Waals surface area contributed by atoms with Crippen LogP contribution in [0, 0.1) is 10.8 Å². The normalized spacial score (nSPS) is 23.3. The number of ether oxygens (including phenoxy) is 4. The van der Waals surface area contributed by atoms with E-state index in [1.807, 2.05) is 0 Å². The van der Waals surface area contributed by atoms with Crippen LogP contribution in [0.5, 0.6) is 0 Å². The molecule has 4 aliphatic rings. The summed E-state index contributed by atoms with van der Waals surface area (Å²) in [5, 5.41) is 0.891. The summed E-state index contributed by atoms with van der Waals surface area (Å²) in [6.45, 7) is 6.64. The van der Waals surface area contributed by atoms with Crippen molar-refractivity contribution in [3.05, 3.63) is 0 Å². The maximum absolute atomic E-state index is 11.9. The van der Waals surface area contributed by atoms with Crippen molar-refractivity contribution in [2.45, 2.75) is 83.5 Å². The molecule has 2 aliphatic heterocycles. The Labute approximate surface area is 221 Å². The molecular weight excluding hydrogens is 514 g/mol. The third-order valence-corrected chi connectivity index (χ3v) is 8.42. The summed E-state index contributed by atoms with van der Waals surface area (Å²) in [7, 11) is 2.99. The Morgan fingerprint density at radius 1 is 0.714 bits per heavy atom. The van der Waals surface area contributed by atoms with Crippen LogP contribution in [0.15, 0.2) is 0 Å². The molecule has 0 N–H and O–H groups in total. The fraction of sp³-hybridized carbons (Fsp3) is 0.926. The second-order valence-corrected chi connectivity index (χ2v) is 11.1. The van der Waals surface area contributed by atoms with Gasteiger partial charge >= 0.3 is 11.9 Å². The maximum Gasteiger partial charge on any atom is 0.311 e. The summed E-state index contributed by atoms with van der Waals surface area (Å²) in [4.78, 5) is 25.8. The monoisotopic (exact) mass is 561 g/mol. The van der Waals surface area contributed by atoms with E-state index >= 15 is 0 Å². The first-order valence-corrected chi connectivity index (χ1v) is 14.7. The van der Waals surface area contributed by atoms with Crippen LogP contribution >= 0.6 is 15.9 Å². The summed E-state index contributed by atoms with van der Waals surface area (Å²) in [5.74, 6) is -0.0114. The van der Waals surface area contributed by atoms with Gasteiger partial charge in [0.05, 0.1) is 38.3 Å². The predicted octanol–water partition coefficient (Wildman–Crippen LogP) is 5.13. The second-order valence-electron chi connectivity index (χ2n) is 10.3. The number of methoxy groups -OCH3 is 2. The van der Waals surface area contributed by atoms with E-state index in [-0.39, 0.29) is 22.8 Å². The van der Waals surface area contributed by atoms with Gasteiger partial charge in [0.2, 0.25) is 0 Å². The highest BCUT2D eigenvalue weighted by molar-refractivity contribution is 9.09. The lowest BCUT2D eigenvalue weighted by Crippen LogP contribution is -2.40. The van der Waals surface area contributed by atoms with E-state index in [2.05, 4.69) is 20.8 Å². The lowest BCUT2D eigenvalue weighted by Gasteiger charge is -2.31. The van der Waals surface area contributed by atoms with Gasteiger partial charge < -0.3 is 18.9 Å². The van der Waals surface area contributed by atoms with E-state index < -0.39 is 0 Å². The first-order chi connectivity index (χ1) is 17.0. The number of nitrogens with zero attached hydrogens (tertiary/aromatic N) is 1. The molecule has 0 aromatic carbocycles. The molecule has 4 fully saturated rings. The van der Waals surface area contributed by atoms with E-state index in [0.29, 0.717) is 0 Å². The second kappa shape index (κ2) is 16.9. The third-order valence-electron chi connectivity index (χ3n) is 8.02. The van der Waals surface area contributed by atoms with Crippen LogP contribution in [0.25, 0.3) is 0 Å². The zero-order chi connectivity index (χ0) is 25.4. The molecule has 0 bridgehead atoms. The van der Waals surface area contributed by atoms with Gasteiger partial charge in [-0.2, -0.15) is 0 Å². The Bertz CT molecular complexity index is 583. The molecule has 0 atom stereocenters. The van der Waals surface area contributed by atoms with Gasteiger partial charge in [0.25, 0.3) is 0 Å². The minimum Gasteiger partial charge on any atom is -0.469 e. The Hall–Kier alpha value is -0.700. The van der Waals surface area contributed by atoms with E-state index in [1.54, 1.807) is 0 Å². The van der Waals surface area contributed by atoms with Gasteiger partial charge in [0.15, 0.2) is 0 Å². The van der Waals surface area contributed by atoms with Crippen LogP contribution < -0.4 is 0 Å². The van der Waals surface area contributed by atoms with E-state index in [1.165, 1.54) is 46.3 Å². The first kappa shape index (κ1) is 30.5. The summed E-state index contributed by atoms with van der Waals surface area (Å²) < 4.78 is 20.2. The molecule has 2 heterocycles.